The van der Waals surface area contributed by atoms with Crippen LogP contribution in [0.4, 0.5) is 5.69 Å². The molecule has 6 heteroatoms. The summed E-state index contributed by atoms with van der Waals surface area (Å²) in [5.41, 5.74) is 0.960. The number of amides is 3. The molecule has 2 N–H and O–H groups in total. The number of likely N-dealkylation sites (tertiary alicyclic amines) is 1. The Morgan fingerprint density at radius 3 is 2.67 bits per heavy atom. The average molecular weight is 371 g/mol. The highest BCUT2D eigenvalue weighted by Gasteiger charge is 2.38. The first-order valence-electron chi connectivity index (χ1n) is 10.1. The average Bonchev–Trinajstić information content (AvgIpc) is 3.31. The van der Waals surface area contributed by atoms with Crippen molar-refractivity contribution in [1.29, 1.82) is 0 Å². The van der Waals surface area contributed by atoms with Crippen LogP contribution in [0.25, 0.3) is 0 Å². The van der Waals surface area contributed by atoms with E-state index in [0.29, 0.717) is 30.4 Å². The number of nitrogens with zero attached hydrogens (tertiary/aromatic N) is 1. The molecule has 1 heterocycles. The Bertz CT molecular complexity index is 698. The van der Waals surface area contributed by atoms with Crippen LogP contribution in [-0.4, -0.2) is 41.8 Å². The summed E-state index contributed by atoms with van der Waals surface area (Å²) in [5.74, 6) is -0.644. The molecule has 6 nitrogen and oxygen atoms in total. The summed E-state index contributed by atoms with van der Waals surface area (Å²) in [6.07, 6.45) is 6.58. The van der Waals surface area contributed by atoms with Gasteiger partial charge in [-0.3, -0.25) is 14.4 Å². The second-order valence-electron chi connectivity index (χ2n) is 7.53. The largest absolute Gasteiger partial charge is 0.352 e. The number of hydrogen-bond donors (Lipinski definition) is 2. The van der Waals surface area contributed by atoms with Crippen molar-refractivity contribution in [3.05, 3.63) is 29.8 Å². The number of unbranched alkanes of at least 4 members (excludes halogenated alkanes) is 1. The fourth-order valence-corrected chi connectivity index (χ4v) is 3.97. The molecule has 2 aliphatic rings. The van der Waals surface area contributed by atoms with E-state index in [2.05, 4.69) is 17.6 Å². The summed E-state index contributed by atoms with van der Waals surface area (Å²) in [5, 5.41) is 5.76. The first-order chi connectivity index (χ1) is 13.1. The Morgan fingerprint density at radius 1 is 1.19 bits per heavy atom. The highest BCUT2D eigenvalue weighted by Crippen LogP contribution is 2.30. The van der Waals surface area contributed by atoms with Crippen molar-refractivity contribution in [2.75, 3.05) is 18.4 Å². The predicted molar refractivity (Wildman–Crippen MR) is 104 cm³/mol. The van der Waals surface area contributed by atoms with Gasteiger partial charge in [-0.1, -0.05) is 38.3 Å². The molecule has 1 aromatic rings. The lowest BCUT2D eigenvalue weighted by Crippen LogP contribution is -2.35. The molecule has 1 saturated heterocycles. The van der Waals surface area contributed by atoms with E-state index in [0.717, 1.165) is 38.5 Å². The molecule has 3 rings (SSSR count). The molecule has 2 fully saturated rings. The lowest BCUT2D eigenvalue weighted by atomic mass is 10.1. The minimum Gasteiger partial charge on any atom is -0.352 e. The second-order valence-corrected chi connectivity index (χ2v) is 7.53. The predicted octanol–water partition coefficient (Wildman–Crippen LogP) is 2.95. The van der Waals surface area contributed by atoms with E-state index in [1.54, 1.807) is 24.3 Å². The maximum absolute atomic E-state index is 12.7. The van der Waals surface area contributed by atoms with Gasteiger partial charge in [0.2, 0.25) is 11.8 Å². The van der Waals surface area contributed by atoms with Gasteiger partial charge in [0.1, 0.15) is 0 Å². The molecule has 27 heavy (non-hydrogen) atoms. The number of rotatable bonds is 7. The quantitative estimate of drug-likeness (QED) is 0.724. The van der Waals surface area contributed by atoms with Crippen LogP contribution in [0.15, 0.2) is 24.3 Å². The van der Waals surface area contributed by atoms with Crippen molar-refractivity contribution < 1.29 is 14.4 Å². The fourth-order valence-electron chi connectivity index (χ4n) is 3.97. The normalized spacial score (nSPS) is 20.1. The molecule has 0 aromatic heterocycles. The first-order valence-corrected chi connectivity index (χ1v) is 10.1. The first kappa shape index (κ1) is 19.4. The zero-order valence-corrected chi connectivity index (χ0v) is 16.0. The van der Waals surface area contributed by atoms with Crippen molar-refractivity contribution in [2.45, 2.75) is 57.9 Å². The van der Waals surface area contributed by atoms with E-state index in [9.17, 15) is 14.4 Å². The van der Waals surface area contributed by atoms with Gasteiger partial charge >= 0.3 is 0 Å². The topological polar surface area (TPSA) is 78.5 Å². The minimum atomic E-state index is -0.352. The Morgan fingerprint density at radius 2 is 1.93 bits per heavy atom. The van der Waals surface area contributed by atoms with Crippen LogP contribution < -0.4 is 10.6 Å². The summed E-state index contributed by atoms with van der Waals surface area (Å²) < 4.78 is 0. The van der Waals surface area contributed by atoms with Gasteiger partial charge in [-0.2, -0.15) is 0 Å². The number of anilines is 1. The summed E-state index contributed by atoms with van der Waals surface area (Å²) in [6, 6.07) is 7.32. The number of carbonyl (C=O) groups excluding carboxylic acids is 3. The van der Waals surface area contributed by atoms with E-state index < -0.39 is 0 Å². The third-order valence-corrected chi connectivity index (χ3v) is 5.54. The summed E-state index contributed by atoms with van der Waals surface area (Å²) >= 11 is 0. The molecule has 0 radical (unpaired) electrons. The molecule has 1 saturated carbocycles. The minimum absolute atomic E-state index is 0.0765. The van der Waals surface area contributed by atoms with Crippen LogP contribution in [0, 0.1) is 5.92 Å². The summed E-state index contributed by atoms with van der Waals surface area (Å²) in [6.45, 7) is 3.17. The number of hydrogen-bond acceptors (Lipinski definition) is 3. The molecule has 146 valence electrons. The van der Waals surface area contributed by atoms with Crippen LogP contribution in [0.1, 0.15) is 62.2 Å². The van der Waals surface area contributed by atoms with Gasteiger partial charge in [0.05, 0.1) is 17.2 Å². The van der Waals surface area contributed by atoms with Gasteiger partial charge in [-0.05, 0) is 31.4 Å². The van der Waals surface area contributed by atoms with Crippen LogP contribution in [-0.2, 0) is 9.59 Å². The zero-order chi connectivity index (χ0) is 19.2. The number of carbonyl (C=O) groups is 3. The van der Waals surface area contributed by atoms with E-state index in [1.807, 2.05) is 4.90 Å². The molecule has 1 unspecified atom stereocenters. The molecule has 3 amide bonds. The Balaban J connectivity index is 1.62. The second kappa shape index (κ2) is 9.02. The Kier molecular flexibility index (Phi) is 6.48. The van der Waals surface area contributed by atoms with Crippen LogP contribution in [0.5, 0.6) is 0 Å². The molecule has 1 aliphatic carbocycles. The van der Waals surface area contributed by atoms with E-state index >= 15 is 0 Å². The number of para-hydroxylation sites is 1. The molecular formula is C21H29N3O3. The molecule has 1 aromatic carbocycles. The highest BCUT2D eigenvalue weighted by molar-refractivity contribution is 6.05. The third kappa shape index (κ3) is 4.67. The summed E-state index contributed by atoms with van der Waals surface area (Å²) in [4.78, 5) is 39.4. The maximum atomic E-state index is 12.7. The Hall–Kier alpha value is -2.37. The highest BCUT2D eigenvalue weighted by atomic mass is 16.2. The molecule has 1 aliphatic heterocycles. The monoisotopic (exact) mass is 371 g/mol. The molecule has 0 spiro atoms. The molecule has 1 atom stereocenters. The van der Waals surface area contributed by atoms with Crippen molar-refractivity contribution in [1.82, 2.24) is 10.2 Å². The fraction of sp³-hybridized carbons (Fsp3) is 0.571. The van der Waals surface area contributed by atoms with E-state index in [-0.39, 0.29) is 30.1 Å². The number of nitrogens with one attached hydrogen (secondary N) is 2. The lowest BCUT2D eigenvalue weighted by Gasteiger charge is -2.24. The molecular weight excluding hydrogens is 342 g/mol. The van der Waals surface area contributed by atoms with Gasteiger partial charge in [0.15, 0.2) is 0 Å². The maximum Gasteiger partial charge on any atom is 0.253 e. The van der Waals surface area contributed by atoms with Crippen LogP contribution >= 0.6 is 0 Å². The zero-order valence-electron chi connectivity index (χ0n) is 16.0. The standard InChI is InChI=1S/C21H29N3O3/c1-2-3-12-22-21(27)17-10-6-7-11-18(17)23-20(26)15-13-19(25)24(14-15)16-8-4-5-9-16/h6-7,10-11,15-16H,2-5,8-9,12-14H2,1H3,(H,22,27)(H,23,26). The van der Waals surface area contributed by atoms with Gasteiger partial charge in [0, 0.05) is 25.6 Å². The van der Waals surface area contributed by atoms with E-state index in [1.165, 1.54) is 0 Å². The SMILES string of the molecule is CCCCNC(=O)c1ccccc1NC(=O)C1CC(=O)N(C2CCCC2)C1. The smallest absolute Gasteiger partial charge is 0.253 e. The van der Waals surface area contributed by atoms with Gasteiger partial charge < -0.3 is 15.5 Å². The van der Waals surface area contributed by atoms with Crippen molar-refractivity contribution in [2.24, 2.45) is 5.92 Å². The van der Waals surface area contributed by atoms with E-state index in [4.69, 9.17) is 0 Å². The Labute approximate surface area is 160 Å². The number of benzene rings is 1. The van der Waals surface area contributed by atoms with Crippen LogP contribution in [0.2, 0.25) is 0 Å². The van der Waals surface area contributed by atoms with Gasteiger partial charge in [-0.15, -0.1) is 0 Å². The lowest BCUT2D eigenvalue weighted by molar-refractivity contribution is -0.129. The van der Waals surface area contributed by atoms with Gasteiger partial charge in [0.25, 0.3) is 5.91 Å². The van der Waals surface area contributed by atoms with Crippen molar-refractivity contribution in [3.8, 4) is 0 Å². The third-order valence-electron chi connectivity index (χ3n) is 5.54. The molecule has 0 bridgehead atoms. The van der Waals surface area contributed by atoms with Crippen molar-refractivity contribution >= 4 is 23.4 Å². The van der Waals surface area contributed by atoms with Crippen LogP contribution in [0.3, 0.4) is 0 Å². The van der Waals surface area contributed by atoms with Gasteiger partial charge in [-0.25, -0.2) is 0 Å². The summed E-state index contributed by atoms with van der Waals surface area (Å²) in [7, 11) is 0. The van der Waals surface area contributed by atoms with Crippen molar-refractivity contribution in [3.63, 3.8) is 0 Å².